The molecule has 1 aliphatic carbocycles. The maximum Gasteiger partial charge on any atom is 0.0922 e. The molecular weight excluding hydrogens is 311 g/mol. The largest absolute Gasteiger partial charge is 0.387 e. The van der Waals surface area contributed by atoms with Crippen molar-refractivity contribution in [2.24, 2.45) is 0 Å². The van der Waals surface area contributed by atoms with Gasteiger partial charge in [0, 0.05) is 16.2 Å². The molecular formula is C16H16Cl2OS. The fourth-order valence-corrected chi connectivity index (χ4v) is 4.23. The summed E-state index contributed by atoms with van der Waals surface area (Å²) in [5, 5.41) is 11.5. The molecule has 4 heteroatoms. The number of halogens is 2. The third-order valence-corrected chi connectivity index (χ3v) is 5.83. The molecule has 1 aliphatic rings. The van der Waals surface area contributed by atoms with E-state index in [1.807, 2.05) is 12.1 Å². The first-order chi connectivity index (χ1) is 9.63. The Morgan fingerprint density at radius 1 is 1.10 bits per heavy atom. The number of thiophene rings is 1. The van der Waals surface area contributed by atoms with Crippen molar-refractivity contribution in [3.8, 4) is 0 Å². The molecule has 1 heterocycles. The van der Waals surface area contributed by atoms with E-state index in [4.69, 9.17) is 23.2 Å². The van der Waals surface area contributed by atoms with Crippen LogP contribution in [0.4, 0.5) is 0 Å². The first-order valence-corrected chi connectivity index (χ1v) is 8.44. The number of benzene rings is 1. The summed E-state index contributed by atoms with van der Waals surface area (Å²) in [6.45, 7) is 0. The summed E-state index contributed by atoms with van der Waals surface area (Å²) >= 11 is 13.7. The van der Waals surface area contributed by atoms with Crippen LogP contribution in [-0.4, -0.2) is 5.11 Å². The van der Waals surface area contributed by atoms with E-state index >= 15 is 0 Å². The maximum absolute atomic E-state index is 10.4. The van der Waals surface area contributed by atoms with Crippen molar-refractivity contribution < 1.29 is 5.11 Å². The standard InChI is InChI=1S/C16H16Cl2OS/c17-12-6-5-10(7-13(12)18)8-14(19)16-9-11-3-1-2-4-15(11)20-16/h5-7,9,14,19H,1-4,8H2. The van der Waals surface area contributed by atoms with Crippen molar-refractivity contribution in [1.82, 2.24) is 0 Å². The van der Waals surface area contributed by atoms with Crippen molar-refractivity contribution in [3.63, 3.8) is 0 Å². The van der Waals surface area contributed by atoms with E-state index in [0.717, 1.165) is 16.9 Å². The lowest BCUT2D eigenvalue weighted by Crippen LogP contribution is -1.99. The third kappa shape index (κ3) is 3.04. The van der Waals surface area contributed by atoms with Crippen LogP contribution in [0.1, 0.15) is 39.8 Å². The van der Waals surface area contributed by atoms with Gasteiger partial charge in [-0.3, -0.25) is 0 Å². The summed E-state index contributed by atoms with van der Waals surface area (Å²) in [6, 6.07) is 7.72. The molecule has 0 radical (unpaired) electrons. The van der Waals surface area contributed by atoms with Gasteiger partial charge >= 0.3 is 0 Å². The highest BCUT2D eigenvalue weighted by atomic mass is 35.5. The molecule has 1 unspecified atom stereocenters. The second-order valence-corrected chi connectivity index (χ2v) is 7.26. The van der Waals surface area contributed by atoms with E-state index in [0.29, 0.717) is 16.5 Å². The minimum Gasteiger partial charge on any atom is -0.387 e. The van der Waals surface area contributed by atoms with Crippen LogP contribution in [0.25, 0.3) is 0 Å². The van der Waals surface area contributed by atoms with Gasteiger partial charge in [-0.2, -0.15) is 0 Å². The normalized spacial score (nSPS) is 15.9. The van der Waals surface area contributed by atoms with Crippen molar-refractivity contribution in [3.05, 3.63) is 55.2 Å². The zero-order valence-electron chi connectivity index (χ0n) is 11.0. The van der Waals surface area contributed by atoms with Gasteiger partial charge in [0.05, 0.1) is 16.1 Å². The van der Waals surface area contributed by atoms with Crippen molar-refractivity contribution >= 4 is 34.5 Å². The topological polar surface area (TPSA) is 20.2 Å². The fraction of sp³-hybridized carbons (Fsp3) is 0.375. The number of hydrogen-bond acceptors (Lipinski definition) is 2. The van der Waals surface area contributed by atoms with Crippen LogP contribution in [-0.2, 0) is 19.3 Å². The first kappa shape index (κ1) is 14.4. The van der Waals surface area contributed by atoms with Crippen LogP contribution < -0.4 is 0 Å². The molecule has 0 saturated heterocycles. The minimum absolute atomic E-state index is 0.456. The first-order valence-electron chi connectivity index (χ1n) is 6.87. The van der Waals surface area contributed by atoms with E-state index in [9.17, 15) is 5.11 Å². The Balaban J connectivity index is 1.76. The summed E-state index contributed by atoms with van der Waals surface area (Å²) in [7, 11) is 0. The lowest BCUT2D eigenvalue weighted by atomic mass is 9.98. The van der Waals surface area contributed by atoms with Crippen molar-refractivity contribution in [1.29, 1.82) is 0 Å². The van der Waals surface area contributed by atoms with Gasteiger partial charge in [0.1, 0.15) is 0 Å². The van der Waals surface area contributed by atoms with Crippen LogP contribution in [0, 0.1) is 0 Å². The second-order valence-electron chi connectivity index (χ2n) is 5.27. The summed E-state index contributed by atoms with van der Waals surface area (Å²) in [6.07, 6.45) is 4.99. The predicted octanol–water partition coefficient (Wildman–Crippen LogP) is 5.21. The van der Waals surface area contributed by atoms with Gasteiger partial charge in [0.2, 0.25) is 0 Å². The van der Waals surface area contributed by atoms with Crippen LogP contribution in [0.3, 0.4) is 0 Å². The van der Waals surface area contributed by atoms with Gasteiger partial charge in [-0.25, -0.2) is 0 Å². The summed E-state index contributed by atoms with van der Waals surface area (Å²) in [5.74, 6) is 0. The van der Waals surface area contributed by atoms with Crippen molar-refractivity contribution in [2.75, 3.05) is 0 Å². The molecule has 1 N–H and O–H groups in total. The molecule has 0 saturated carbocycles. The zero-order valence-corrected chi connectivity index (χ0v) is 13.4. The van der Waals surface area contributed by atoms with Crippen LogP contribution >= 0.6 is 34.5 Å². The predicted molar refractivity (Wildman–Crippen MR) is 86.1 cm³/mol. The van der Waals surface area contributed by atoms with E-state index in [1.54, 1.807) is 17.4 Å². The van der Waals surface area contributed by atoms with E-state index in [1.165, 1.54) is 29.7 Å². The molecule has 0 spiro atoms. The van der Waals surface area contributed by atoms with E-state index < -0.39 is 6.10 Å². The summed E-state index contributed by atoms with van der Waals surface area (Å²) in [5.41, 5.74) is 2.45. The van der Waals surface area contributed by atoms with Gasteiger partial charge in [-0.05, 0) is 55.0 Å². The van der Waals surface area contributed by atoms with Gasteiger partial charge in [0.15, 0.2) is 0 Å². The third-order valence-electron chi connectivity index (χ3n) is 3.76. The minimum atomic E-state index is -0.456. The molecule has 0 bridgehead atoms. The molecule has 0 fully saturated rings. The number of rotatable bonds is 3. The quantitative estimate of drug-likeness (QED) is 0.820. The number of aryl methyl sites for hydroxylation is 2. The SMILES string of the molecule is OC(Cc1ccc(Cl)c(Cl)c1)c1cc2c(s1)CCCC2. The molecule has 1 atom stereocenters. The summed E-state index contributed by atoms with van der Waals surface area (Å²) in [4.78, 5) is 2.53. The zero-order chi connectivity index (χ0) is 14.1. The van der Waals surface area contributed by atoms with Crippen LogP contribution in [0.5, 0.6) is 0 Å². The highest BCUT2D eigenvalue weighted by Gasteiger charge is 2.18. The van der Waals surface area contributed by atoms with E-state index in [-0.39, 0.29) is 0 Å². The maximum atomic E-state index is 10.4. The van der Waals surface area contributed by atoms with Gasteiger partial charge < -0.3 is 5.11 Å². The van der Waals surface area contributed by atoms with Gasteiger partial charge in [-0.15, -0.1) is 11.3 Å². The highest BCUT2D eigenvalue weighted by Crippen LogP contribution is 2.34. The lowest BCUT2D eigenvalue weighted by Gasteiger charge is -2.09. The molecule has 106 valence electrons. The number of hydrogen-bond donors (Lipinski definition) is 1. The Bertz CT molecular complexity index is 597. The monoisotopic (exact) mass is 326 g/mol. The highest BCUT2D eigenvalue weighted by molar-refractivity contribution is 7.12. The number of aliphatic hydroxyl groups is 1. The fourth-order valence-electron chi connectivity index (χ4n) is 2.67. The average Bonchev–Trinajstić information content (AvgIpc) is 2.87. The summed E-state index contributed by atoms with van der Waals surface area (Å²) < 4.78 is 0. The lowest BCUT2D eigenvalue weighted by molar-refractivity contribution is 0.182. The molecule has 0 amide bonds. The Morgan fingerprint density at radius 2 is 1.90 bits per heavy atom. The molecule has 3 rings (SSSR count). The van der Waals surface area contributed by atoms with Gasteiger partial charge in [-0.1, -0.05) is 29.3 Å². The van der Waals surface area contributed by atoms with Crippen LogP contribution in [0.15, 0.2) is 24.3 Å². The van der Waals surface area contributed by atoms with Crippen molar-refractivity contribution in [2.45, 2.75) is 38.2 Å². The Kier molecular flexibility index (Phi) is 4.37. The Morgan fingerprint density at radius 3 is 2.65 bits per heavy atom. The molecule has 2 aromatic rings. The van der Waals surface area contributed by atoms with Crippen LogP contribution in [0.2, 0.25) is 10.0 Å². The molecule has 0 aliphatic heterocycles. The number of fused-ring (bicyclic) bond motifs is 1. The molecule has 1 aromatic heterocycles. The average molecular weight is 327 g/mol. The molecule has 1 nitrogen and oxygen atoms in total. The number of aliphatic hydroxyl groups excluding tert-OH is 1. The van der Waals surface area contributed by atoms with E-state index in [2.05, 4.69) is 6.07 Å². The Labute approximate surface area is 133 Å². The molecule has 20 heavy (non-hydrogen) atoms. The Hall–Kier alpha value is -0.540. The molecule has 1 aromatic carbocycles. The second kappa shape index (κ2) is 6.07. The van der Waals surface area contributed by atoms with Gasteiger partial charge in [0.25, 0.3) is 0 Å². The smallest absolute Gasteiger partial charge is 0.0922 e.